The van der Waals surface area contributed by atoms with Crippen LogP contribution in [0.3, 0.4) is 0 Å². The number of amides is 1. The molecule has 152 valence electrons. The number of nitrogens with one attached hydrogen (secondary N) is 1. The fourth-order valence-electron chi connectivity index (χ4n) is 3.51. The SMILES string of the molecule is Cc1cc(C(=O)NCC(C)c2ccccc2)c(C)n1-c1ccccc1C(F)(F)F. The van der Waals surface area contributed by atoms with Crippen molar-refractivity contribution in [3.05, 3.63) is 88.7 Å². The van der Waals surface area contributed by atoms with Crippen LogP contribution in [0.5, 0.6) is 0 Å². The van der Waals surface area contributed by atoms with E-state index in [2.05, 4.69) is 5.32 Å². The lowest BCUT2D eigenvalue weighted by molar-refractivity contribution is -0.137. The maximum atomic E-state index is 13.4. The number of hydrogen-bond donors (Lipinski definition) is 1. The Kier molecular flexibility index (Phi) is 5.82. The van der Waals surface area contributed by atoms with Crippen LogP contribution in [0, 0.1) is 13.8 Å². The zero-order valence-corrected chi connectivity index (χ0v) is 16.5. The van der Waals surface area contributed by atoms with Crippen LogP contribution in [0.1, 0.15) is 45.7 Å². The Bertz CT molecular complexity index is 1010. The molecule has 1 atom stereocenters. The number of carbonyl (C=O) groups excluding carboxylic acids is 1. The molecule has 1 aromatic heterocycles. The van der Waals surface area contributed by atoms with E-state index in [0.29, 0.717) is 23.5 Å². The summed E-state index contributed by atoms with van der Waals surface area (Å²) in [6, 6.07) is 16.8. The Balaban J connectivity index is 1.86. The average Bonchev–Trinajstić information content (AvgIpc) is 3.00. The maximum absolute atomic E-state index is 13.4. The second-order valence-electron chi connectivity index (χ2n) is 7.16. The summed E-state index contributed by atoms with van der Waals surface area (Å²) in [5, 5.41) is 2.90. The van der Waals surface area contributed by atoms with E-state index in [1.165, 1.54) is 16.7 Å². The molecule has 0 aliphatic carbocycles. The highest BCUT2D eigenvalue weighted by molar-refractivity contribution is 5.96. The standard InChI is InChI=1S/C23H23F3N2O/c1-15(18-9-5-4-6-10-18)14-27-22(29)19-13-16(2)28(17(19)3)21-12-8-7-11-20(21)23(24,25)26/h4-13,15H,14H2,1-3H3,(H,27,29). The van der Waals surface area contributed by atoms with Crippen molar-refractivity contribution in [2.45, 2.75) is 32.9 Å². The van der Waals surface area contributed by atoms with E-state index in [1.807, 2.05) is 37.3 Å². The molecule has 0 bridgehead atoms. The third kappa shape index (κ3) is 4.36. The Hall–Kier alpha value is -3.02. The van der Waals surface area contributed by atoms with Crippen molar-refractivity contribution in [2.24, 2.45) is 0 Å². The first kappa shape index (κ1) is 20.7. The predicted molar refractivity (Wildman–Crippen MR) is 107 cm³/mol. The highest BCUT2D eigenvalue weighted by atomic mass is 19.4. The molecule has 6 heteroatoms. The fraction of sp³-hybridized carbons (Fsp3) is 0.261. The normalized spacial score (nSPS) is 12.6. The van der Waals surface area contributed by atoms with Crippen molar-refractivity contribution < 1.29 is 18.0 Å². The number of nitrogens with zero attached hydrogens (tertiary/aromatic N) is 1. The molecule has 0 aliphatic rings. The molecule has 3 aromatic rings. The molecule has 3 nitrogen and oxygen atoms in total. The zero-order valence-electron chi connectivity index (χ0n) is 16.5. The second kappa shape index (κ2) is 8.15. The molecule has 29 heavy (non-hydrogen) atoms. The molecule has 0 saturated carbocycles. The van der Waals surface area contributed by atoms with Crippen LogP contribution in [-0.4, -0.2) is 17.0 Å². The van der Waals surface area contributed by atoms with Gasteiger partial charge in [0.25, 0.3) is 5.91 Å². The number of halogens is 3. The van der Waals surface area contributed by atoms with Gasteiger partial charge in [-0.15, -0.1) is 0 Å². The molecular weight excluding hydrogens is 377 g/mol. The summed E-state index contributed by atoms with van der Waals surface area (Å²) in [6.45, 7) is 5.81. The summed E-state index contributed by atoms with van der Waals surface area (Å²) in [7, 11) is 0. The van der Waals surface area contributed by atoms with Gasteiger partial charge in [0, 0.05) is 17.9 Å². The van der Waals surface area contributed by atoms with Gasteiger partial charge >= 0.3 is 6.18 Å². The van der Waals surface area contributed by atoms with Crippen molar-refractivity contribution >= 4 is 5.91 Å². The van der Waals surface area contributed by atoms with Gasteiger partial charge in [0.15, 0.2) is 0 Å². The zero-order chi connectivity index (χ0) is 21.2. The molecule has 1 amide bonds. The highest BCUT2D eigenvalue weighted by Crippen LogP contribution is 2.35. The lowest BCUT2D eigenvalue weighted by Crippen LogP contribution is -2.28. The lowest BCUT2D eigenvalue weighted by atomic mass is 10.0. The summed E-state index contributed by atoms with van der Waals surface area (Å²) in [5.74, 6) is -0.175. The predicted octanol–water partition coefficient (Wildman–Crippen LogP) is 5.65. The van der Waals surface area contributed by atoms with Crippen molar-refractivity contribution in [3.63, 3.8) is 0 Å². The molecule has 3 rings (SSSR count). The second-order valence-corrected chi connectivity index (χ2v) is 7.16. The number of carbonyl (C=O) groups is 1. The van der Waals surface area contributed by atoms with Crippen LogP contribution in [0.2, 0.25) is 0 Å². The molecule has 0 radical (unpaired) electrons. The summed E-state index contributed by atoms with van der Waals surface area (Å²) < 4.78 is 41.8. The van der Waals surface area contributed by atoms with E-state index in [9.17, 15) is 18.0 Å². The number of hydrogen-bond acceptors (Lipinski definition) is 1. The largest absolute Gasteiger partial charge is 0.418 e. The van der Waals surface area contributed by atoms with Crippen molar-refractivity contribution in [1.82, 2.24) is 9.88 Å². The summed E-state index contributed by atoms with van der Waals surface area (Å²) in [6.07, 6.45) is -4.48. The molecule has 0 aliphatic heterocycles. The van der Waals surface area contributed by atoms with Gasteiger partial charge in [-0.05, 0) is 43.5 Å². The minimum Gasteiger partial charge on any atom is -0.351 e. The Morgan fingerprint density at radius 3 is 2.31 bits per heavy atom. The van der Waals surface area contributed by atoms with E-state index < -0.39 is 11.7 Å². The summed E-state index contributed by atoms with van der Waals surface area (Å²) in [5.41, 5.74) is 1.82. The van der Waals surface area contributed by atoms with Crippen molar-refractivity contribution in [1.29, 1.82) is 0 Å². The van der Waals surface area contributed by atoms with Crippen LogP contribution in [0.4, 0.5) is 13.2 Å². The lowest BCUT2D eigenvalue weighted by Gasteiger charge is -2.17. The highest BCUT2D eigenvalue weighted by Gasteiger charge is 2.34. The van der Waals surface area contributed by atoms with Gasteiger partial charge in [-0.25, -0.2) is 0 Å². The molecule has 0 saturated heterocycles. The molecule has 0 spiro atoms. The van der Waals surface area contributed by atoms with Crippen LogP contribution in [0.25, 0.3) is 5.69 Å². The molecule has 2 aromatic carbocycles. The van der Waals surface area contributed by atoms with Gasteiger partial charge in [-0.1, -0.05) is 49.4 Å². The topological polar surface area (TPSA) is 34.0 Å². The number of aryl methyl sites for hydroxylation is 1. The monoisotopic (exact) mass is 400 g/mol. The molecule has 1 N–H and O–H groups in total. The van der Waals surface area contributed by atoms with Gasteiger partial charge in [-0.2, -0.15) is 13.2 Å². The van der Waals surface area contributed by atoms with Crippen LogP contribution < -0.4 is 5.32 Å². The van der Waals surface area contributed by atoms with E-state index in [4.69, 9.17) is 0 Å². The van der Waals surface area contributed by atoms with E-state index >= 15 is 0 Å². The molecule has 0 fully saturated rings. The third-order valence-corrected chi connectivity index (χ3v) is 5.06. The third-order valence-electron chi connectivity index (χ3n) is 5.06. The number of alkyl halides is 3. The van der Waals surface area contributed by atoms with E-state index in [0.717, 1.165) is 11.6 Å². The first-order valence-corrected chi connectivity index (χ1v) is 9.39. The Morgan fingerprint density at radius 1 is 1.03 bits per heavy atom. The molecular formula is C23H23F3N2O. The maximum Gasteiger partial charge on any atom is 0.418 e. The molecule has 1 unspecified atom stereocenters. The van der Waals surface area contributed by atoms with Crippen LogP contribution in [-0.2, 0) is 6.18 Å². The summed E-state index contributed by atoms with van der Waals surface area (Å²) in [4.78, 5) is 12.7. The first-order valence-electron chi connectivity index (χ1n) is 9.39. The van der Waals surface area contributed by atoms with Gasteiger partial charge in [-0.3, -0.25) is 4.79 Å². The smallest absolute Gasteiger partial charge is 0.351 e. The van der Waals surface area contributed by atoms with Gasteiger partial charge in [0.2, 0.25) is 0 Å². The van der Waals surface area contributed by atoms with E-state index in [-0.39, 0.29) is 17.5 Å². The number of aromatic nitrogens is 1. The van der Waals surface area contributed by atoms with Crippen molar-refractivity contribution in [2.75, 3.05) is 6.54 Å². The van der Waals surface area contributed by atoms with Gasteiger partial charge in [0.1, 0.15) is 0 Å². The number of rotatable bonds is 5. The first-order chi connectivity index (χ1) is 13.7. The van der Waals surface area contributed by atoms with Gasteiger partial charge in [0.05, 0.1) is 16.8 Å². The Labute approximate surface area is 168 Å². The summed E-state index contributed by atoms with van der Waals surface area (Å²) >= 11 is 0. The van der Waals surface area contributed by atoms with Crippen molar-refractivity contribution in [3.8, 4) is 5.69 Å². The number of para-hydroxylation sites is 1. The van der Waals surface area contributed by atoms with Crippen LogP contribution in [0.15, 0.2) is 60.7 Å². The average molecular weight is 400 g/mol. The van der Waals surface area contributed by atoms with Gasteiger partial charge < -0.3 is 9.88 Å². The Morgan fingerprint density at radius 2 is 1.66 bits per heavy atom. The quantitative estimate of drug-likeness (QED) is 0.590. The van der Waals surface area contributed by atoms with E-state index in [1.54, 1.807) is 26.0 Å². The minimum absolute atomic E-state index is 0.0201. The van der Waals surface area contributed by atoms with Crippen LogP contribution >= 0.6 is 0 Å². The fourth-order valence-corrected chi connectivity index (χ4v) is 3.51. The molecule has 1 heterocycles. The number of benzene rings is 2. The minimum atomic E-state index is -4.48.